The average Bonchev–Trinajstić information content (AvgIpc) is 2.69. The van der Waals surface area contributed by atoms with Gasteiger partial charge in [0, 0.05) is 16.6 Å². The van der Waals surface area contributed by atoms with Crippen LogP contribution in [0.2, 0.25) is 0 Å². The number of rotatable bonds is 3. The molecule has 2 unspecified atom stereocenters. The van der Waals surface area contributed by atoms with Crippen LogP contribution in [0, 0.1) is 11.7 Å². The van der Waals surface area contributed by atoms with Crippen LogP contribution < -0.4 is 10.5 Å². The van der Waals surface area contributed by atoms with Gasteiger partial charge in [-0.25, -0.2) is 9.37 Å². The molecule has 0 aliphatic heterocycles. The summed E-state index contributed by atoms with van der Waals surface area (Å²) in [7, 11) is 0. The maximum atomic E-state index is 13.5. The maximum absolute atomic E-state index is 13.5. The van der Waals surface area contributed by atoms with Crippen molar-refractivity contribution in [2.45, 2.75) is 25.4 Å². The molecule has 0 saturated heterocycles. The molecule has 1 saturated carbocycles. The zero-order valence-electron chi connectivity index (χ0n) is 8.83. The molecule has 2 N–H and O–H groups in total. The molecule has 88 valence electrons. The van der Waals surface area contributed by atoms with Crippen LogP contribution in [0.25, 0.3) is 0 Å². The number of halogens is 2. The van der Waals surface area contributed by atoms with E-state index < -0.39 is 5.82 Å². The van der Waals surface area contributed by atoms with Crippen LogP contribution in [0.3, 0.4) is 0 Å². The lowest BCUT2D eigenvalue weighted by atomic mass is 10.1. The van der Waals surface area contributed by atoms with Crippen molar-refractivity contribution < 1.29 is 9.13 Å². The van der Waals surface area contributed by atoms with E-state index in [1.807, 2.05) is 0 Å². The van der Waals surface area contributed by atoms with Gasteiger partial charge in [0.1, 0.15) is 6.10 Å². The number of ether oxygens (including phenoxy) is 1. The second-order valence-corrected chi connectivity index (χ2v) is 4.94. The Morgan fingerprint density at radius 1 is 1.56 bits per heavy atom. The van der Waals surface area contributed by atoms with Gasteiger partial charge in [-0.3, -0.25) is 0 Å². The largest absolute Gasteiger partial charge is 0.472 e. The monoisotopic (exact) mass is 288 g/mol. The number of hydrogen-bond acceptors (Lipinski definition) is 3. The molecule has 2 rings (SSSR count). The smallest absolute Gasteiger partial charge is 0.250 e. The van der Waals surface area contributed by atoms with Crippen LogP contribution >= 0.6 is 15.9 Å². The first kappa shape index (κ1) is 11.8. The van der Waals surface area contributed by atoms with Crippen molar-refractivity contribution in [3.8, 4) is 5.88 Å². The quantitative estimate of drug-likeness (QED) is 0.930. The molecule has 1 aliphatic rings. The Bertz CT molecular complexity index is 375. The van der Waals surface area contributed by atoms with E-state index in [4.69, 9.17) is 10.5 Å². The van der Waals surface area contributed by atoms with Crippen molar-refractivity contribution in [1.82, 2.24) is 4.98 Å². The van der Waals surface area contributed by atoms with E-state index in [0.29, 0.717) is 16.9 Å². The Labute approximate surface area is 102 Å². The minimum absolute atomic E-state index is 0.00757. The summed E-state index contributed by atoms with van der Waals surface area (Å²) in [5.74, 6) is -0.0320. The molecule has 1 aliphatic carbocycles. The van der Waals surface area contributed by atoms with Crippen molar-refractivity contribution in [2.75, 3.05) is 6.54 Å². The second-order valence-electron chi connectivity index (χ2n) is 4.02. The minimum atomic E-state index is -0.433. The Morgan fingerprint density at radius 3 is 3.06 bits per heavy atom. The molecule has 1 aromatic rings. The van der Waals surface area contributed by atoms with Gasteiger partial charge in [0.25, 0.3) is 5.88 Å². The Kier molecular flexibility index (Phi) is 3.76. The number of nitrogens with zero attached hydrogens (tertiary/aromatic N) is 1. The molecular formula is C11H14BrFN2O. The second kappa shape index (κ2) is 5.10. The first-order valence-corrected chi connectivity index (χ1v) is 6.17. The molecule has 0 amide bonds. The van der Waals surface area contributed by atoms with Crippen molar-refractivity contribution in [1.29, 1.82) is 0 Å². The van der Waals surface area contributed by atoms with E-state index in [0.717, 1.165) is 19.3 Å². The van der Waals surface area contributed by atoms with Crippen LogP contribution in [0.5, 0.6) is 5.88 Å². The summed E-state index contributed by atoms with van der Waals surface area (Å²) in [5, 5.41) is 0. The highest BCUT2D eigenvalue weighted by Crippen LogP contribution is 2.29. The maximum Gasteiger partial charge on any atom is 0.250 e. The fourth-order valence-electron chi connectivity index (χ4n) is 2.06. The molecule has 1 aromatic heterocycles. The Morgan fingerprint density at radius 2 is 2.38 bits per heavy atom. The fraction of sp³-hybridized carbons (Fsp3) is 0.545. The predicted octanol–water partition coefficient (Wildman–Crippen LogP) is 2.49. The van der Waals surface area contributed by atoms with E-state index in [1.54, 1.807) is 0 Å². The average molecular weight is 289 g/mol. The first-order chi connectivity index (χ1) is 7.70. The van der Waals surface area contributed by atoms with Gasteiger partial charge in [-0.05, 0) is 47.8 Å². The normalized spacial score (nSPS) is 24.7. The number of pyridine rings is 1. The lowest BCUT2D eigenvalue weighted by Gasteiger charge is -2.19. The molecule has 16 heavy (non-hydrogen) atoms. The topological polar surface area (TPSA) is 48.1 Å². The summed E-state index contributed by atoms with van der Waals surface area (Å²) in [6.45, 7) is 0.586. The molecule has 1 fully saturated rings. The molecule has 0 spiro atoms. The van der Waals surface area contributed by atoms with Crippen molar-refractivity contribution in [3.05, 3.63) is 22.6 Å². The molecule has 0 bridgehead atoms. The summed E-state index contributed by atoms with van der Waals surface area (Å²) in [5.41, 5.74) is 5.64. The molecule has 2 atom stereocenters. The van der Waals surface area contributed by atoms with Crippen LogP contribution in [0.15, 0.2) is 16.7 Å². The summed E-state index contributed by atoms with van der Waals surface area (Å²) in [6, 6.07) is 1.36. The Balaban J connectivity index is 2.08. The van der Waals surface area contributed by atoms with Gasteiger partial charge in [0.05, 0.1) is 0 Å². The van der Waals surface area contributed by atoms with Crippen LogP contribution in [-0.4, -0.2) is 17.6 Å². The minimum Gasteiger partial charge on any atom is -0.472 e. The van der Waals surface area contributed by atoms with E-state index in [-0.39, 0.29) is 12.0 Å². The highest BCUT2D eigenvalue weighted by Gasteiger charge is 2.28. The SMILES string of the molecule is NCC1CCCC1Oc1ncc(Br)cc1F. The van der Waals surface area contributed by atoms with Gasteiger partial charge in [-0.1, -0.05) is 0 Å². The molecular weight excluding hydrogens is 275 g/mol. The van der Waals surface area contributed by atoms with Gasteiger partial charge in [0.2, 0.25) is 0 Å². The number of aromatic nitrogens is 1. The van der Waals surface area contributed by atoms with Gasteiger partial charge in [-0.15, -0.1) is 0 Å². The third kappa shape index (κ3) is 2.52. The molecule has 0 aromatic carbocycles. The van der Waals surface area contributed by atoms with Crippen LogP contribution in [0.4, 0.5) is 4.39 Å². The predicted molar refractivity (Wildman–Crippen MR) is 62.7 cm³/mol. The summed E-state index contributed by atoms with van der Waals surface area (Å²) in [6.07, 6.45) is 4.61. The van der Waals surface area contributed by atoms with Crippen LogP contribution in [-0.2, 0) is 0 Å². The molecule has 1 heterocycles. The van der Waals surface area contributed by atoms with Gasteiger partial charge >= 0.3 is 0 Å². The molecule has 5 heteroatoms. The van der Waals surface area contributed by atoms with Crippen molar-refractivity contribution in [2.24, 2.45) is 11.7 Å². The highest BCUT2D eigenvalue weighted by molar-refractivity contribution is 9.10. The summed E-state index contributed by atoms with van der Waals surface area (Å²) in [4.78, 5) is 3.93. The van der Waals surface area contributed by atoms with Gasteiger partial charge in [0.15, 0.2) is 5.82 Å². The van der Waals surface area contributed by atoms with Crippen molar-refractivity contribution >= 4 is 15.9 Å². The van der Waals surface area contributed by atoms with Crippen molar-refractivity contribution in [3.63, 3.8) is 0 Å². The first-order valence-electron chi connectivity index (χ1n) is 5.38. The third-order valence-electron chi connectivity index (χ3n) is 2.93. The molecule has 3 nitrogen and oxygen atoms in total. The van der Waals surface area contributed by atoms with Crippen LogP contribution in [0.1, 0.15) is 19.3 Å². The zero-order valence-corrected chi connectivity index (χ0v) is 10.4. The number of nitrogens with two attached hydrogens (primary N) is 1. The zero-order chi connectivity index (χ0) is 11.5. The molecule has 0 radical (unpaired) electrons. The fourth-order valence-corrected chi connectivity index (χ4v) is 2.36. The van der Waals surface area contributed by atoms with Gasteiger partial charge in [-0.2, -0.15) is 0 Å². The number of hydrogen-bond donors (Lipinski definition) is 1. The summed E-state index contributed by atoms with van der Waals surface area (Å²) < 4.78 is 19.7. The van der Waals surface area contributed by atoms with E-state index in [9.17, 15) is 4.39 Å². The van der Waals surface area contributed by atoms with E-state index >= 15 is 0 Å². The lowest BCUT2D eigenvalue weighted by Crippen LogP contribution is -2.28. The highest BCUT2D eigenvalue weighted by atomic mass is 79.9. The summed E-state index contributed by atoms with van der Waals surface area (Å²) >= 11 is 3.16. The van der Waals surface area contributed by atoms with E-state index in [1.165, 1.54) is 12.3 Å². The lowest BCUT2D eigenvalue weighted by molar-refractivity contribution is 0.148. The standard InChI is InChI=1S/C11H14BrFN2O/c12-8-4-9(13)11(15-6-8)16-10-3-1-2-7(10)5-14/h4,6-7,10H,1-3,5,14H2. The van der Waals surface area contributed by atoms with E-state index in [2.05, 4.69) is 20.9 Å². The van der Waals surface area contributed by atoms with Gasteiger partial charge < -0.3 is 10.5 Å². The third-order valence-corrected chi connectivity index (χ3v) is 3.36. The Hall–Kier alpha value is -0.680.